The smallest absolute Gasteiger partial charge is 0.0396 e. The fourth-order valence-corrected chi connectivity index (χ4v) is 3.15. The Morgan fingerprint density at radius 2 is 1.70 bits per heavy atom. The lowest BCUT2D eigenvalue weighted by Gasteiger charge is -2.26. The predicted octanol–water partition coefficient (Wildman–Crippen LogP) is 4.44. The predicted molar refractivity (Wildman–Crippen MR) is 86.2 cm³/mol. The molecule has 0 bridgehead atoms. The molecule has 1 aliphatic carbocycles. The largest absolute Gasteiger partial charge is 0.398 e. The molecule has 1 aliphatic rings. The molecule has 0 fully saturated rings. The summed E-state index contributed by atoms with van der Waals surface area (Å²) in [5.74, 6) is 1.15. The van der Waals surface area contributed by atoms with Crippen molar-refractivity contribution < 1.29 is 0 Å². The fourth-order valence-electron chi connectivity index (χ4n) is 3.15. The number of hydrogen-bond donors (Lipinski definition) is 1. The van der Waals surface area contributed by atoms with E-state index in [1.807, 2.05) is 0 Å². The molecule has 1 heteroatoms. The van der Waals surface area contributed by atoms with Gasteiger partial charge in [-0.25, -0.2) is 0 Å². The molecule has 1 unspecified atom stereocenters. The van der Waals surface area contributed by atoms with Crippen LogP contribution in [0.5, 0.6) is 0 Å². The lowest BCUT2D eigenvalue weighted by Crippen LogP contribution is -2.15. The second kappa shape index (κ2) is 5.16. The molecular weight excluding hydrogens is 242 g/mol. The van der Waals surface area contributed by atoms with Crippen LogP contribution >= 0.6 is 0 Å². The Labute approximate surface area is 121 Å². The average Bonchev–Trinajstić information content (AvgIpc) is 2.44. The van der Waals surface area contributed by atoms with Gasteiger partial charge in [0.2, 0.25) is 0 Å². The molecule has 1 nitrogen and oxygen atoms in total. The summed E-state index contributed by atoms with van der Waals surface area (Å²) >= 11 is 0. The minimum absolute atomic E-state index is 0.539. The first-order valence-electron chi connectivity index (χ1n) is 7.31. The molecule has 1 atom stereocenters. The molecule has 0 saturated carbocycles. The van der Waals surface area contributed by atoms with Gasteiger partial charge in [0.15, 0.2) is 0 Å². The van der Waals surface area contributed by atoms with Crippen LogP contribution in [0.1, 0.15) is 42.0 Å². The molecule has 0 radical (unpaired) electrons. The van der Waals surface area contributed by atoms with E-state index in [-0.39, 0.29) is 0 Å². The Morgan fingerprint density at radius 3 is 2.50 bits per heavy atom. The molecule has 0 aliphatic heterocycles. The molecule has 0 aromatic heterocycles. The van der Waals surface area contributed by atoms with Crippen molar-refractivity contribution in [1.82, 2.24) is 0 Å². The van der Waals surface area contributed by atoms with Crippen molar-refractivity contribution in [1.29, 1.82) is 0 Å². The van der Waals surface area contributed by atoms with Gasteiger partial charge in [0.05, 0.1) is 0 Å². The maximum Gasteiger partial charge on any atom is 0.0396 e. The third kappa shape index (κ3) is 2.24. The molecule has 0 amide bonds. The van der Waals surface area contributed by atoms with E-state index in [9.17, 15) is 0 Å². The molecule has 0 spiro atoms. The van der Waals surface area contributed by atoms with Gasteiger partial charge in [0.25, 0.3) is 0 Å². The number of nitrogens with two attached hydrogens (primary N) is 1. The highest BCUT2D eigenvalue weighted by Gasteiger charge is 2.22. The Balaban J connectivity index is 2.23. The zero-order valence-electron chi connectivity index (χ0n) is 12.1. The monoisotopic (exact) mass is 263 g/mol. The standard InChI is InChI=1S/C19H21N/c1-13(2)18-11-14-7-4-6-10-17(14)19(20)12-15-8-3-5-9-16(15)18/h3-10,12-13,18H,11,20H2,1-2H3. The normalized spacial score (nSPS) is 17.8. The fraction of sp³-hybridized carbons (Fsp3) is 0.263. The van der Waals surface area contributed by atoms with Crippen LogP contribution in [0, 0.1) is 5.92 Å². The molecule has 2 N–H and O–H groups in total. The first-order valence-corrected chi connectivity index (χ1v) is 7.31. The van der Waals surface area contributed by atoms with Gasteiger partial charge in [-0.05, 0) is 41.0 Å². The molecular formula is C19H21N. The van der Waals surface area contributed by atoms with Crippen LogP contribution in [-0.2, 0) is 6.42 Å². The van der Waals surface area contributed by atoms with Crippen molar-refractivity contribution in [2.24, 2.45) is 11.7 Å². The molecule has 2 aromatic carbocycles. The van der Waals surface area contributed by atoms with Gasteiger partial charge >= 0.3 is 0 Å². The van der Waals surface area contributed by atoms with Crippen molar-refractivity contribution in [2.45, 2.75) is 26.2 Å². The number of fused-ring (bicyclic) bond motifs is 2. The average molecular weight is 263 g/mol. The van der Waals surface area contributed by atoms with Crippen molar-refractivity contribution in [2.75, 3.05) is 0 Å². The van der Waals surface area contributed by atoms with Gasteiger partial charge in [-0.1, -0.05) is 62.4 Å². The molecule has 102 valence electrons. The van der Waals surface area contributed by atoms with E-state index in [4.69, 9.17) is 5.73 Å². The van der Waals surface area contributed by atoms with E-state index in [0.29, 0.717) is 11.8 Å². The first kappa shape index (κ1) is 13.0. The van der Waals surface area contributed by atoms with Gasteiger partial charge in [-0.3, -0.25) is 0 Å². The second-order valence-corrected chi connectivity index (χ2v) is 5.94. The summed E-state index contributed by atoms with van der Waals surface area (Å²) in [4.78, 5) is 0. The minimum atomic E-state index is 0.539. The van der Waals surface area contributed by atoms with Crippen LogP contribution in [0.3, 0.4) is 0 Å². The lowest BCUT2D eigenvalue weighted by atomic mass is 9.78. The van der Waals surface area contributed by atoms with Gasteiger partial charge in [0.1, 0.15) is 0 Å². The number of rotatable bonds is 1. The first-order chi connectivity index (χ1) is 9.66. The highest BCUT2D eigenvalue weighted by molar-refractivity contribution is 5.82. The highest BCUT2D eigenvalue weighted by Crippen LogP contribution is 2.35. The molecule has 0 saturated heterocycles. The van der Waals surface area contributed by atoms with Crippen LogP contribution in [0.25, 0.3) is 11.8 Å². The Kier molecular flexibility index (Phi) is 3.35. The van der Waals surface area contributed by atoms with Crippen LogP contribution in [0.2, 0.25) is 0 Å². The maximum absolute atomic E-state index is 6.31. The van der Waals surface area contributed by atoms with Crippen LogP contribution in [0.4, 0.5) is 0 Å². The molecule has 2 aromatic rings. The summed E-state index contributed by atoms with van der Waals surface area (Å²) in [7, 11) is 0. The highest BCUT2D eigenvalue weighted by atomic mass is 14.6. The molecule has 3 rings (SSSR count). The third-order valence-electron chi connectivity index (χ3n) is 4.28. The summed E-state index contributed by atoms with van der Waals surface area (Å²) in [6, 6.07) is 17.2. The number of benzene rings is 2. The van der Waals surface area contributed by atoms with Crippen molar-refractivity contribution in [3.05, 3.63) is 70.8 Å². The third-order valence-corrected chi connectivity index (χ3v) is 4.28. The number of hydrogen-bond acceptors (Lipinski definition) is 1. The van der Waals surface area contributed by atoms with E-state index in [1.54, 1.807) is 0 Å². The van der Waals surface area contributed by atoms with E-state index in [1.165, 1.54) is 22.3 Å². The van der Waals surface area contributed by atoms with E-state index >= 15 is 0 Å². The van der Waals surface area contributed by atoms with E-state index in [0.717, 1.165) is 12.1 Å². The van der Waals surface area contributed by atoms with E-state index in [2.05, 4.69) is 68.5 Å². The Hall–Kier alpha value is -2.02. The molecule has 20 heavy (non-hydrogen) atoms. The lowest BCUT2D eigenvalue weighted by molar-refractivity contribution is 0.494. The van der Waals surface area contributed by atoms with Gasteiger partial charge in [-0.15, -0.1) is 0 Å². The van der Waals surface area contributed by atoms with Crippen molar-refractivity contribution >= 4 is 11.8 Å². The summed E-state index contributed by atoms with van der Waals surface area (Å²) in [6.07, 6.45) is 3.18. The topological polar surface area (TPSA) is 26.0 Å². The minimum Gasteiger partial charge on any atom is -0.398 e. The van der Waals surface area contributed by atoms with E-state index < -0.39 is 0 Å². The quantitative estimate of drug-likeness (QED) is 0.808. The van der Waals surface area contributed by atoms with Gasteiger partial charge in [0, 0.05) is 11.3 Å². The summed E-state index contributed by atoms with van der Waals surface area (Å²) in [6.45, 7) is 4.61. The summed E-state index contributed by atoms with van der Waals surface area (Å²) in [5, 5.41) is 0. The molecule has 0 heterocycles. The summed E-state index contributed by atoms with van der Waals surface area (Å²) < 4.78 is 0. The van der Waals surface area contributed by atoms with Crippen LogP contribution in [0.15, 0.2) is 48.5 Å². The van der Waals surface area contributed by atoms with Gasteiger partial charge < -0.3 is 5.73 Å². The maximum atomic E-state index is 6.31. The van der Waals surface area contributed by atoms with Crippen LogP contribution < -0.4 is 5.73 Å². The summed E-state index contributed by atoms with van der Waals surface area (Å²) in [5.41, 5.74) is 12.4. The Bertz CT molecular complexity index is 652. The Morgan fingerprint density at radius 1 is 1.00 bits per heavy atom. The van der Waals surface area contributed by atoms with Crippen molar-refractivity contribution in [3.63, 3.8) is 0 Å². The zero-order chi connectivity index (χ0) is 14.1. The van der Waals surface area contributed by atoms with Crippen LogP contribution in [-0.4, -0.2) is 0 Å². The second-order valence-electron chi connectivity index (χ2n) is 5.94. The SMILES string of the molecule is CC(C)C1Cc2ccccc2C(N)=Cc2ccccc21. The zero-order valence-corrected chi connectivity index (χ0v) is 12.1. The van der Waals surface area contributed by atoms with Gasteiger partial charge in [-0.2, -0.15) is 0 Å². The van der Waals surface area contributed by atoms with Crippen molar-refractivity contribution in [3.8, 4) is 0 Å².